The maximum absolute atomic E-state index is 13.3. The number of halogens is 3. The Hall–Kier alpha value is -3.74. The fourth-order valence-electron chi connectivity index (χ4n) is 3.15. The lowest BCUT2D eigenvalue weighted by molar-refractivity contribution is -0.384. The summed E-state index contributed by atoms with van der Waals surface area (Å²) in [5.41, 5.74) is -0.775. The number of aryl methyl sites for hydroxylation is 1. The average Bonchev–Trinajstić information content (AvgIpc) is 3.22. The van der Waals surface area contributed by atoms with Crippen LogP contribution >= 0.6 is 11.8 Å². The Morgan fingerprint density at radius 2 is 1.89 bits per heavy atom. The van der Waals surface area contributed by atoms with Gasteiger partial charge < -0.3 is 5.32 Å². The number of nitro groups is 1. The van der Waals surface area contributed by atoms with Crippen molar-refractivity contribution in [2.24, 2.45) is 0 Å². The molecule has 3 rings (SSSR count). The highest BCUT2D eigenvalue weighted by Gasteiger charge is 2.31. The van der Waals surface area contributed by atoms with E-state index in [0.29, 0.717) is 25.2 Å². The Balaban J connectivity index is 1.87. The van der Waals surface area contributed by atoms with E-state index in [1.807, 2.05) is 0 Å². The number of hydrogen-bond acceptors (Lipinski definition) is 7. The van der Waals surface area contributed by atoms with Crippen LogP contribution in [0, 0.1) is 10.1 Å². The van der Waals surface area contributed by atoms with Crippen molar-refractivity contribution in [2.75, 3.05) is 12.3 Å². The van der Waals surface area contributed by atoms with E-state index in [1.54, 1.807) is 0 Å². The molecule has 1 heterocycles. The highest BCUT2D eigenvalue weighted by Crippen LogP contribution is 2.32. The van der Waals surface area contributed by atoms with Crippen LogP contribution in [0.15, 0.2) is 53.7 Å². The molecule has 9 nitrogen and oxygen atoms in total. The van der Waals surface area contributed by atoms with Crippen molar-refractivity contribution in [1.82, 2.24) is 20.1 Å². The molecule has 0 aliphatic carbocycles. The first kappa shape index (κ1) is 25.9. The van der Waals surface area contributed by atoms with Gasteiger partial charge in [0.2, 0.25) is 5.91 Å². The molecular formula is C22H20F3N5O4S. The number of benzene rings is 2. The predicted octanol–water partition coefficient (Wildman–Crippen LogP) is 4.24. The number of ketones is 1. The highest BCUT2D eigenvalue weighted by atomic mass is 32.2. The minimum atomic E-state index is -4.55. The van der Waals surface area contributed by atoms with E-state index < -0.39 is 22.4 Å². The van der Waals surface area contributed by atoms with Crippen LogP contribution in [-0.4, -0.2) is 43.7 Å². The topological polar surface area (TPSA) is 120 Å². The van der Waals surface area contributed by atoms with Crippen LogP contribution in [-0.2, 0) is 17.4 Å². The van der Waals surface area contributed by atoms with Crippen LogP contribution in [0.2, 0.25) is 0 Å². The summed E-state index contributed by atoms with van der Waals surface area (Å²) in [6.45, 7) is 1.72. The van der Waals surface area contributed by atoms with E-state index in [2.05, 4.69) is 15.5 Å². The number of alkyl halides is 3. The largest absolute Gasteiger partial charge is 0.416 e. The summed E-state index contributed by atoms with van der Waals surface area (Å²) in [4.78, 5) is 34.1. The first-order chi connectivity index (χ1) is 16.6. The summed E-state index contributed by atoms with van der Waals surface area (Å²) in [6.07, 6.45) is -3.78. The minimum absolute atomic E-state index is 0.132. The summed E-state index contributed by atoms with van der Waals surface area (Å²) in [5, 5.41) is 21.9. The molecule has 0 saturated heterocycles. The second kappa shape index (κ2) is 11.1. The molecule has 0 fully saturated rings. The second-order valence-corrected chi connectivity index (χ2v) is 8.33. The Bertz CT molecular complexity index is 1250. The van der Waals surface area contributed by atoms with E-state index in [-0.39, 0.29) is 33.8 Å². The third-order valence-corrected chi connectivity index (χ3v) is 5.72. The number of carbonyl (C=O) groups excluding carboxylic acids is 2. The van der Waals surface area contributed by atoms with Gasteiger partial charge in [0.25, 0.3) is 5.69 Å². The molecule has 0 spiro atoms. The van der Waals surface area contributed by atoms with Gasteiger partial charge >= 0.3 is 6.18 Å². The van der Waals surface area contributed by atoms with Crippen LogP contribution in [0.3, 0.4) is 0 Å². The van der Waals surface area contributed by atoms with Gasteiger partial charge in [-0.3, -0.25) is 24.3 Å². The molecule has 3 aromatic rings. The number of nitrogens with one attached hydrogen (secondary N) is 1. The number of nitro benzene ring substituents is 1. The number of nitrogens with zero attached hydrogens (tertiary/aromatic N) is 4. The molecule has 0 aliphatic rings. The SMILES string of the molecule is CC(=O)NCCCc1nnc(SCC(=O)c2cccc([N+](=O)[O-])c2)n1-c1cccc(C(F)(F)F)c1. The Kier molecular flexibility index (Phi) is 8.22. The number of amides is 1. The van der Waals surface area contributed by atoms with Gasteiger partial charge in [-0.2, -0.15) is 13.2 Å². The maximum Gasteiger partial charge on any atom is 0.416 e. The molecule has 0 bridgehead atoms. The van der Waals surface area contributed by atoms with E-state index in [1.165, 1.54) is 41.8 Å². The van der Waals surface area contributed by atoms with Crippen LogP contribution < -0.4 is 5.32 Å². The monoisotopic (exact) mass is 507 g/mol. The van der Waals surface area contributed by atoms with Crippen molar-refractivity contribution in [3.63, 3.8) is 0 Å². The molecule has 0 saturated carbocycles. The van der Waals surface area contributed by atoms with Crippen molar-refractivity contribution >= 4 is 29.1 Å². The predicted molar refractivity (Wildman–Crippen MR) is 122 cm³/mol. The molecule has 35 heavy (non-hydrogen) atoms. The van der Waals surface area contributed by atoms with Gasteiger partial charge in [-0.05, 0) is 24.6 Å². The van der Waals surface area contributed by atoms with E-state index in [4.69, 9.17) is 0 Å². The number of Topliss-reactive ketones (excluding diaryl/α,β-unsaturated/α-hetero) is 1. The van der Waals surface area contributed by atoms with Crippen molar-refractivity contribution in [1.29, 1.82) is 0 Å². The van der Waals surface area contributed by atoms with Crippen LogP contribution in [0.25, 0.3) is 5.69 Å². The van der Waals surface area contributed by atoms with E-state index in [9.17, 15) is 32.9 Å². The fourth-order valence-corrected chi connectivity index (χ4v) is 4.02. The number of thioether (sulfide) groups is 1. The molecule has 1 N–H and O–H groups in total. The molecule has 13 heteroatoms. The third-order valence-electron chi connectivity index (χ3n) is 4.79. The summed E-state index contributed by atoms with van der Waals surface area (Å²) < 4.78 is 41.3. The van der Waals surface area contributed by atoms with Gasteiger partial charge in [-0.25, -0.2) is 0 Å². The lowest BCUT2D eigenvalue weighted by Crippen LogP contribution is -2.21. The Morgan fingerprint density at radius 3 is 2.57 bits per heavy atom. The Labute approximate surface area is 201 Å². The summed E-state index contributed by atoms with van der Waals surface area (Å²) in [7, 11) is 0. The number of hydrogen-bond donors (Lipinski definition) is 1. The van der Waals surface area contributed by atoms with Gasteiger partial charge in [-0.1, -0.05) is 30.0 Å². The van der Waals surface area contributed by atoms with E-state index in [0.717, 1.165) is 30.0 Å². The number of non-ortho nitro benzene ring substituents is 1. The van der Waals surface area contributed by atoms with Gasteiger partial charge in [0.1, 0.15) is 5.82 Å². The molecule has 2 aromatic carbocycles. The lowest BCUT2D eigenvalue weighted by atomic mass is 10.1. The van der Waals surface area contributed by atoms with Gasteiger partial charge in [0.15, 0.2) is 10.9 Å². The standard InChI is InChI=1S/C22H20F3N5O4S/c1-14(31)26-10-4-9-20-27-28-21(29(20)17-7-3-6-16(12-17)22(23,24)25)35-13-19(32)15-5-2-8-18(11-15)30(33)34/h2-3,5-8,11-12H,4,9-10,13H2,1H3,(H,26,31). The number of aromatic nitrogens is 3. The minimum Gasteiger partial charge on any atom is -0.356 e. The zero-order chi connectivity index (χ0) is 25.6. The van der Waals surface area contributed by atoms with E-state index >= 15 is 0 Å². The molecule has 0 unspecified atom stereocenters. The molecule has 1 aromatic heterocycles. The van der Waals surface area contributed by atoms with Gasteiger partial charge in [-0.15, -0.1) is 10.2 Å². The first-order valence-electron chi connectivity index (χ1n) is 10.3. The van der Waals surface area contributed by atoms with Crippen LogP contribution in [0.5, 0.6) is 0 Å². The molecule has 184 valence electrons. The molecule has 1 amide bonds. The summed E-state index contributed by atoms with van der Waals surface area (Å²) in [5.74, 6) is -0.422. The third kappa shape index (κ3) is 6.88. The molecule has 0 atom stereocenters. The van der Waals surface area contributed by atoms with Gasteiger partial charge in [0.05, 0.1) is 16.2 Å². The zero-order valence-corrected chi connectivity index (χ0v) is 19.2. The fraction of sp³-hybridized carbons (Fsp3) is 0.273. The highest BCUT2D eigenvalue weighted by molar-refractivity contribution is 7.99. The van der Waals surface area contributed by atoms with Crippen molar-refractivity contribution < 1.29 is 27.7 Å². The summed E-state index contributed by atoms with van der Waals surface area (Å²) in [6, 6.07) is 9.92. The first-order valence-corrected chi connectivity index (χ1v) is 11.3. The molecule has 0 aliphatic heterocycles. The van der Waals surface area contributed by atoms with Crippen LogP contribution in [0.4, 0.5) is 18.9 Å². The average molecular weight is 507 g/mol. The van der Waals surface area contributed by atoms with Crippen molar-refractivity contribution in [3.05, 3.63) is 75.6 Å². The number of carbonyl (C=O) groups is 2. The summed E-state index contributed by atoms with van der Waals surface area (Å²) >= 11 is 0.956. The Morgan fingerprint density at radius 1 is 1.14 bits per heavy atom. The van der Waals surface area contributed by atoms with Gasteiger partial charge in [0, 0.05) is 43.3 Å². The normalized spacial score (nSPS) is 11.3. The van der Waals surface area contributed by atoms with Crippen molar-refractivity contribution in [2.45, 2.75) is 31.1 Å². The second-order valence-electron chi connectivity index (χ2n) is 7.39. The number of rotatable bonds is 10. The maximum atomic E-state index is 13.3. The lowest BCUT2D eigenvalue weighted by Gasteiger charge is -2.13. The zero-order valence-electron chi connectivity index (χ0n) is 18.4. The smallest absolute Gasteiger partial charge is 0.356 e. The van der Waals surface area contributed by atoms with Crippen LogP contribution in [0.1, 0.15) is 35.1 Å². The van der Waals surface area contributed by atoms with Crippen molar-refractivity contribution in [3.8, 4) is 5.69 Å². The molecular weight excluding hydrogens is 487 g/mol. The molecule has 0 radical (unpaired) electrons. The quantitative estimate of drug-likeness (QED) is 0.143.